The van der Waals surface area contributed by atoms with Crippen molar-refractivity contribution in [2.45, 2.75) is 19.8 Å². The fourth-order valence-electron chi connectivity index (χ4n) is 2.44. The highest BCUT2D eigenvalue weighted by Crippen LogP contribution is 2.16. The molecule has 0 saturated heterocycles. The third kappa shape index (κ3) is 3.38. The number of amides is 1. The van der Waals surface area contributed by atoms with E-state index in [0.29, 0.717) is 11.3 Å². The van der Waals surface area contributed by atoms with Gasteiger partial charge < -0.3 is 10.3 Å². The Balaban J connectivity index is 1.73. The SMILES string of the molecule is CCc1nc2ccc(CC(=O)Nc3cccc(C#N)c3)cc2[nH]1. The number of carbonyl (C=O) groups is 1. The van der Waals surface area contributed by atoms with Crippen LogP contribution >= 0.6 is 0 Å². The number of hydrogen-bond acceptors (Lipinski definition) is 3. The maximum atomic E-state index is 12.2. The average Bonchev–Trinajstić information content (AvgIpc) is 2.97. The molecule has 2 N–H and O–H groups in total. The number of fused-ring (bicyclic) bond motifs is 1. The first-order chi connectivity index (χ1) is 11.2. The van der Waals surface area contributed by atoms with E-state index in [4.69, 9.17) is 5.26 Å². The van der Waals surface area contributed by atoms with Crippen LogP contribution in [0.1, 0.15) is 23.9 Å². The zero-order valence-corrected chi connectivity index (χ0v) is 12.8. The molecule has 1 amide bonds. The van der Waals surface area contributed by atoms with Crippen molar-refractivity contribution in [3.05, 3.63) is 59.4 Å². The van der Waals surface area contributed by atoms with Gasteiger partial charge in [-0.25, -0.2) is 4.98 Å². The number of H-pyrrole nitrogens is 1. The Morgan fingerprint density at radius 3 is 2.96 bits per heavy atom. The summed E-state index contributed by atoms with van der Waals surface area (Å²) < 4.78 is 0. The van der Waals surface area contributed by atoms with Crippen molar-refractivity contribution in [2.24, 2.45) is 0 Å². The molecule has 5 nitrogen and oxygen atoms in total. The van der Waals surface area contributed by atoms with Crippen molar-refractivity contribution in [1.29, 1.82) is 5.26 Å². The van der Waals surface area contributed by atoms with E-state index < -0.39 is 0 Å². The lowest BCUT2D eigenvalue weighted by Gasteiger charge is -2.05. The molecule has 0 unspecified atom stereocenters. The normalized spacial score (nSPS) is 10.4. The van der Waals surface area contributed by atoms with E-state index in [1.54, 1.807) is 24.3 Å². The minimum atomic E-state index is -0.116. The predicted molar refractivity (Wildman–Crippen MR) is 89.0 cm³/mol. The lowest BCUT2D eigenvalue weighted by Crippen LogP contribution is -2.14. The van der Waals surface area contributed by atoms with Gasteiger partial charge in [-0.3, -0.25) is 4.79 Å². The first-order valence-corrected chi connectivity index (χ1v) is 7.45. The van der Waals surface area contributed by atoms with Crippen molar-refractivity contribution in [3.8, 4) is 6.07 Å². The number of nitriles is 1. The highest BCUT2D eigenvalue weighted by molar-refractivity contribution is 5.93. The minimum Gasteiger partial charge on any atom is -0.342 e. The summed E-state index contributed by atoms with van der Waals surface area (Å²) in [5, 5.41) is 11.7. The van der Waals surface area contributed by atoms with Crippen molar-refractivity contribution >= 4 is 22.6 Å². The molecule has 0 spiro atoms. The lowest BCUT2D eigenvalue weighted by atomic mass is 10.1. The maximum absolute atomic E-state index is 12.2. The van der Waals surface area contributed by atoms with Crippen molar-refractivity contribution in [2.75, 3.05) is 5.32 Å². The first kappa shape index (κ1) is 14.8. The van der Waals surface area contributed by atoms with E-state index in [0.717, 1.165) is 28.8 Å². The van der Waals surface area contributed by atoms with Crippen LogP contribution in [-0.2, 0) is 17.6 Å². The van der Waals surface area contributed by atoms with E-state index >= 15 is 0 Å². The average molecular weight is 304 g/mol. The van der Waals surface area contributed by atoms with Gasteiger partial charge in [0.1, 0.15) is 5.82 Å². The molecule has 0 aliphatic heterocycles. The fraction of sp³-hybridized carbons (Fsp3) is 0.167. The summed E-state index contributed by atoms with van der Waals surface area (Å²) in [6, 6.07) is 14.7. The Bertz CT molecular complexity index is 905. The van der Waals surface area contributed by atoms with Crippen LogP contribution in [0.15, 0.2) is 42.5 Å². The standard InChI is InChI=1S/C18H16N4O/c1-2-17-21-15-7-6-12(9-16(15)22-17)10-18(23)20-14-5-3-4-13(8-14)11-19/h3-9H,2,10H2,1H3,(H,20,23)(H,21,22). The summed E-state index contributed by atoms with van der Waals surface area (Å²) in [6.45, 7) is 2.04. The van der Waals surface area contributed by atoms with Crippen molar-refractivity contribution in [1.82, 2.24) is 9.97 Å². The largest absolute Gasteiger partial charge is 0.342 e. The van der Waals surface area contributed by atoms with Gasteiger partial charge in [0, 0.05) is 12.1 Å². The number of carbonyl (C=O) groups excluding carboxylic acids is 1. The van der Waals surface area contributed by atoms with E-state index in [-0.39, 0.29) is 12.3 Å². The van der Waals surface area contributed by atoms with Gasteiger partial charge in [-0.15, -0.1) is 0 Å². The summed E-state index contributed by atoms with van der Waals surface area (Å²) in [5.74, 6) is 0.824. The van der Waals surface area contributed by atoms with Crippen LogP contribution < -0.4 is 5.32 Å². The molecule has 5 heteroatoms. The quantitative estimate of drug-likeness (QED) is 0.776. The van der Waals surface area contributed by atoms with Crippen LogP contribution in [0.4, 0.5) is 5.69 Å². The molecular formula is C18H16N4O. The molecule has 2 aromatic carbocycles. The van der Waals surface area contributed by atoms with Crippen LogP contribution in [0.2, 0.25) is 0 Å². The van der Waals surface area contributed by atoms with E-state index in [1.807, 2.05) is 25.1 Å². The second kappa shape index (κ2) is 6.32. The molecule has 0 aliphatic rings. The predicted octanol–water partition coefficient (Wildman–Crippen LogP) is 3.18. The lowest BCUT2D eigenvalue weighted by molar-refractivity contribution is -0.115. The summed E-state index contributed by atoms with van der Waals surface area (Å²) in [4.78, 5) is 19.9. The molecular weight excluding hydrogens is 288 g/mol. The minimum absolute atomic E-state index is 0.116. The van der Waals surface area contributed by atoms with Gasteiger partial charge in [-0.05, 0) is 35.9 Å². The Hall–Kier alpha value is -3.13. The zero-order valence-electron chi connectivity index (χ0n) is 12.8. The summed E-state index contributed by atoms with van der Waals surface area (Å²) in [5.41, 5.74) is 3.92. The second-order valence-electron chi connectivity index (χ2n) is 5.31. The number of benzene rings is 2. The Morgan fingerprint density at radius 2 is 2.17 bits per heavy atom. The van der Waals surface area contributed by atoms with Gasteiger partial charge in [0.15, 0.2) is 0 Å². The molecule has 1 aromatic heterocycles. The number of nitrogens with zero attached hydrogens (tertiary/aromatic N) is 2. The molecule has 0 fully saturated rings. The number of rotatable bonds is 4. The topological polar surface area (TPSA) is 81.6 Å². The van der Waals surface area contributed by atoms with Gasteiger partial charge in [0.25, 0.3) is 0 Å². The number of aryl methyl sites for hydroxylation is 1. The third-order valence-corrected chi connectivity index (χ3v) is 3.57. The highest BCUT2D eigenvalue weighted by Gasteiger charge is 2.07. The molecule has 0 aliphatic carbocycles. The van der Waals surface area contributed by atoms with Gasteiger partial charge in [0.2, 0.25) is 5.91 Å². The molecule has 0 radical (unpaired) electrons. The molecule has 114 valence electrons. The van der Waals surface area contributed by atoms with E-state index in [2.05, 4.69) is 21.4 Å². The highest BCUT2D eigenvalue weighted by atomic mass is 16.1. The van der Waals surface area contributed by atoms with Crippen LogP contribution in [0, 0.1) is 11.3 Å². The first-order valence-electron chi connectivity index (χ1n) is 7.45. The maximum Gasteiger partial charge on any atom is 0.228 e. The van der Waals surface area contributed by atoms with Gasteiger partial charge in [-0.2, -0.15) is 5.26 Å². The molecule has 0 atom stereocenters. The number of anilines is 1. The molecule has 1 heterocycles. The van der Waals surface area contributed by atoms with Crippen molar-refractivity contribution < 1.29 is 4.79 Å². The van der Waals surface area contributed by atoms with Crippen LogP contribution in [0.25, 0.3) is 11.0 Å². The number of aromatic nitrogens is 2. The van der Waals surface area contributed by atoms with Crippen LogP contribution in [0.3, 0.4) is 0 Å². The summed E-state index contributed by atoms with van der Waals surface area (Å²) >= 11 is 0. The number of nitrogens with one attached hydrogen (secondary N) is 2. The molecule has 0 bridgehead atoms. The summed E-state index contributed by atoms with van der Waals surface area (Å²) in [7, 11) is 0. The molecule has 23 heavy (non-hydrogen) atoms. The van der Waals surface area contributed by atoms with Gasteiger partial charge in [0.05, 0.1) is 29.1 Å². The smallest absolute Gasteiger partial charge is 0.228 e. The van der Waals surface area contributed by atoms with Crippen LogP contribution in [-0.4, -0.2) is 15.9 Å². The molecule has 3 aromatic rings. The van der Waals surface area contributed by atoms with Gasteiger partial charge >= 0.3 is 0 Å². The Morgan fingerprint density at radius 1 is 1.30 bits per heavy atom. The third-order valence-electron chi connectivity index (χ3n) is 3.57. The molecule has 0 saturated carbocycles. The Labute approximate surface area is 134 Å². The van der Waals surface area contributed by atoms with Gasteiger partial charge in [-0.1, -0.05) is 19.1 Å². The second-order valence-corrected chi connectivity index (χ2v) is 5.31. The number of imidazole rings is 1. The number of hydrogen-bond donors (Lipinski definition) is 2. The van der Waals surface area contributed by atoms with Crippen molar-refractivity contribution in [3.63, 3.8) is 0 Å². The van der Waals surface area contributed by atoms with E-state index in [1.165, 1.54) is 0 Å². The monoisotopic (exact) mass is 304 g/mol. The van der Waals surface area contributed by atoms with Crippen LogP contribution in [0.5, 0.6) is 0 Å². The zero-order chi connectivity index (χ0) is 16.2. The van der Waals surface area contributed by atoms with E-state index in [9.17, 15) is 4.79 Å². The fourth-order valence-corrected chi connectivity index (χ4v) is 2.44. The molecule has 3 rings (SSSR count). The summed E-state index contributed by atoms with van der Waals surface area (Å²) in [6.07, 6.45) is 1.12. The number of aromatic amines is 1. The Kier molecular flexibility index (Phi) is 4.07.